The molecule has 20 heavy (non-hydrogen) atoms. The second-order valence-electron chi connectivity index (χ2n) is 4.00. The SMILES string of the molecule is CCn1cc([S@@](=O)Nc2ccc([S@](C)=O)c(F)c2)cn1. The molecule has 2 aromatic rings. The molecule has 0 saturated carbocycles. The molecule has 0 amide bonds. The summed E-state index contributed by atoms with van der Waals surface area (Å²) in [7, 11) is -2.90. The summed E-state index contributed by atoms with van der Waals surface area (Å²) in [6, 6.07) is 4.14. The lowest BCUT2D eigenvalue weighted by molar-refractivity contribution is 0.597. The number of anilines is 1. The van der Waals surface area contributed by atoms with Crippen molar-refractivity contribution >= 4 is 27.5 Å². The van der Waals surface area contributed by atoms with Gasteiger partial charge in [0, 0.05) is 24.7 Å². The number of hydrogen-bond acceptors (Lipinski definition) is 3. The first kappa shape index (κ1) is 14.9. The predicted octanol–water partition coefficient (Wildman–Crippen LogP) is 1.91. The highest BCUT2D eigenvalue weighted by Crippen LogP contribution is 2.18. The van der Waals surface area contributed by atoms with E-state index in [1.807, 2.05) is 6.92 Å². The molecule has 0 aliphatic rings. The van der Waals surface area contributed by atoms with Crippen molar-refractivity contribution in [1.82, 2.24) is 9.78 Å². The van der Waals surface area contributed by atoms with Crippen LogP contribution in [0.3, 0.4) is 0 Å². The standard InChI is InChI=1S/C12H14FN3O2S2/c1-3-16-8-10(7-14-16)20(18)15-9-4-5-12(19(2)17)11(13)6-9/h4-8,15H,3H2,1-2H3/t19-,20+/m0/s1. The Balaban J connectivity index is 2.15. The van der Waals surface area contributed by atoms with E-state index in [-0.39, 0.29) is 4.90 Å². The van der Waals surface area contributed by atoms with Crippen LogP contribution in [0.15, 0.2) is 40.4 Å². The Morgan fingerprint density at radius 3 is 2.70 bits per heavy atom. The lowest BCUT2D eigenvalue weighted by Crippen LogP contribution is -2.05. The Hall–Kier alpha value is -1.54. The lowest BCUT2D eigenvalue weighted by atomic mass is 10.3. The Kier molecular flexibility index (Phi) is 4.66. The van der Waals surface area contributed by atoms with Gasteiger partial charge in [-0.2, -0.15) is 5.10 Å². The maximum absolute atomic E-state index is 13.7. The molecule has 2 rings (SSSR count). The third-order valence-electron chi connectivity index (χ3n) is 2.60. The molecule has 8 heteroatoms. The maximum atomic E-state index is 13.7. The smallest absolute Gasteiger partial charge is 0.153 e. The van der Waals surface area contributed by atoms with Crippen molar-refractivity contribution in [2.24, 2.45) is 0 Å². The summed E-state index contributed by atoms with van der Waals surface area (Å²) in [5.41, 5.74) is 0.360. The van der Waals surface area contributed by atoms with Crippen LogP contribution < -0.4 is 4.72 Å². The van der Waals surface area contributed by atoms with E-state index in [0.29, 0.717) is 17.1 Å². The normalized spacial score (nSPS) is 13.9. The Morgan fingerprint density at radius 2 is 2.15 bits per heavy atom. The largest absolute Gasteiger partial charge is 0.301 e. The van der Waals surface area contributed by atoms with Crippen LogP contribution in [-0.2, 0) is 28.3 Å². The summed E-state index contributed by atoms with van der Waals surface area (Å²) in [6.07, 6.45) is 4.57. The van der Waals surface area contributed by atoms with Gasteiger partial charge in [0.1, 0.15) is 5.82 Å². The van der Waals surface area contributed by atoms with Gasteiger partial charge in [-0.05, 0) is 25.1 Å². The van der Waals surface area contributed by atoms with E-state index in [0.717, 1.165) is 0 Å². The first-order valence-corrected chi connectivity index (χ1v) is 8.56. The Labute approximate surface area is 121 Å². The fourth-order valence-corrected chi connectivity index (χ4v) is 2.99. The van der Waals surface area contributed by atoms with Gasteiger partial charge in [0.15, 0.2) is 11.0 Å². The first-order chi connectivity index (χ1) is 9.51. The monoisotopic (exact) mass is 315 g/mol. The summed E-state index contributed by atoms with van der Waals surface area (Å²) < 4.78 is 41.3. The quantitative estimate of drug-likeness (QED) is 0.917. The molecule has 0 saturated heterocycles. The molecule has 1 aromatic heterocycles. The molecule has 0 aliphatic carbocycles. The number of rotatable bonds is 5. The highest BCUT2D eigenvalue weighted by atomic mass is 32.2. The zero-order chi connectivity index (χ0) is 14.7. The number of nitrogens with one attached hydrogen (secondary N) is 1. The predicted molar refractivity (Wildman–Crippen MR) is 76.7 cm³/mol. The van der Waals surface area contributed by atoms with E-state index < -0.39 is 27.6 Å². The number of halogens is 1. The van der Waals surface area contributed by atoms with E-state index in [1.54, 1.807) is 16.9 Å². The fourth-order valence-electron chi connectivity index (χ4n) is 1.58. The van der Waals surface area contributed by atoms with Gasteiger partial charge in [-0.25, -0.2) is 8.60 Å². The van der Waals surface area contributed by atoms with Crippen molar-refractivity contribution in [1.29, 1.82) is 0 Å². The summed E-state index contributed by atoms with van der Waals surface area (Å²) in [4.78, 5) is 0.635. The molecule has 1 N–H and O–H groups in total. The molecule has 2 atom stereocenters. The van der Waals surface area contributed by atoms with Crippen molar-refractivity contribution in [3.8, 4) is 0 Å². The highest BCUT2D eigenvalue weighted by Gasteiger charge is 2.10. The third-order valence-corrected chi connectivity index (χ3v) is 4.61. The van der Waals surface area contributed by atoms with Crippen LogP contribution >= 0.6 is 0 Å². The average Bonchev–Trinajstić information content (AvgIpc) is 2.87. The maximum Gasteiger partial charge on any atom is 0.153 e. The molecule has 5 nitrogen and oxygen atoms in total. The van der Waals surface area contributed by atoms with Crippen LogP contribution in [0.4, 0.5) is 10.1 Å². The minimum Gasteiger partial charge on any atom is -0.301 e. The first-order valence-electron chi connectivity index (χ1n) is 5.85. The molecule has 0 bridgehead atoms. The molecular weight excluding hydrogens is 301 g/mol. The number of aromatic nitrogens is 2. The molecule has 1 aromatic carbocycles. The van der Waals surface area contributed by atoms with E-state index in [2.05, 4.69) is 9.82 Å². The molecular formula is C12H14FN3O2S2. The van der Waals surface area contributed by atoms with Crippen LogP contribution in [0.1, 0.15) is 6.92 Å². The van der Waals surface area contributed by atoms with Crippen molar-refractivity contribution in [3.63, 3.8) is 0 Å². The van der Waals surface area contributed by atoms with Gasteiger partial charge in [-0.15, -0.1) is 0 Å². The van der Waals surface area contributed by atoms with E-state index in [4.69, 9.17) is 0 Å². The molecule has 0 fully saturated rings. The van der Waals surface area contributed by atoms with E-state index >= 15 is 0 Å². The zero-order valence-electron chi connectivity index (χ0n) is 11.0. The summed E-state index contributed by atoms with van der Waals surface area (Å²) in [6.45, 7) is 2.61. The number of nitrogens with zero attached hydrogens (tertiary/aromatic N) is 2. The third kappa shape index (κ3) is 3.31. The van der Waals surface area contributed by atoms with Crippen molar-refractivity contribution in [2.75, 3.05) is 11.0 Å². The second-order valence-corrected chi connectivity index (χ2v) is 6.56. The van der Waals surface area contributed by atoms with Crippen LogP contribution in [0.25, 0.3) is 0 Å². The molecule has 0 spiro atoms. The average molecular weight is 315 g/mol. The van der Waals surface area contributed by atoms with Gasteiger partial charge in [-0.3, -0.25) is 8.89 Å². The van der Waals surface area contributed by atoms with Crippen LogP contribution in [-0.4, -0.2) is 24.5 Å². The van der Waals surface area contributed by atoms with Gasteiger partial charge >= 0.3 is 0 Å². The minimum atomic E-state index is -1.52. The van der Waals surface area contributed by atoms with Crippen molar-refractivity contribution < 1.29 is 12.8 Å². The van der Waals surface area contributed by atoms with Crippen LogP contribution in [0.2, 0.25) is 0 Å². The van der Waals surface area contributed by atoms with Gasteiger partial charge in [0.25, 0.3) is 0 Å². The van der Waals surface area contributed by atoms with Gasteiger partial charge in [0.2, 0.25) is 0 Å². The molecule has 0 unspecified atom stereocenters. The summed E-state index contributed by atoms with van der Waals surface area (Å²) in [5, 5.41) is 4.02. The molecule has 0 aliphatic heterocycles. The highest BCUT2D eigenvalue weighted by molar-refractivity contribution is 7.86. The summed E-state index contributed by atoms with van der Waals surface area (Å²) in [5.74, 6) is -0.586. The second kappa shape index (κ2) is 6.27. The van der Waals surface area contributed by atoms with E-state index in [9.17, 15) is 12.8 Å². The van der Waals surface area contributed by atoms with Crippen LogP contribution in [0.5, 0.6) is 0 Å². The van der Waals surface area contributed by atoms with Crippen molar-refractivity contribution in [2.45, 2.75) is 23.3 Å². The molecule has 1 heterocycles. The number of hydrogen-bond donors (Lipinski definition) is 1. The number of benzene rings is 1. The zero-order valence-corrected chi connectivity index (χ0v) is 12.6. The molecule has 108 valence electrons. The number of aryl methyl sites for hydroxylation is 1. The molecule has 0 radical (unpaired) electrons. The van der Waals surface area contributed by atoms with Crippen LogP contribution in [0, 0.1) is 5.82 Å². The van der Waals surface area contributed by atoms with Gasteiger partial charge in [-0.1, -0.05) is 0 Å². The van der Waals surface area contributed by atoms with E-state index in [1.165, 1.54) is 24.6 Å². The van der Waals surface area contributed by atoms with Crippen molar-refractivity contribution in [3.05, 3.63) is 36.4 Å². The topological polar surface area (TPSA) is 64.0 Å². The Morgan fingerprint density at radius 1 is 1.40 bits per heavy atom. The van der Waals surface area contributed by atoms with Gasteiger partial charge < -0.3 is 4.72 Å². The lowest BCUT2D eigenvalue weighted by Gasteiger charge is -2.06. The summed E-state index contributed by atoms with van der Waals surface area (Å²) >= 11 is 0. The minimum absolute atomic E-state index is 0.125. The Bertz CT molecular complexity index is 672. The fraction of sp³-hybridized carbons (Fsp3) is 0.250. The van der Waals surface area contributed by atoms with Gasteiger partial charge in [0.05, 0.1) is 26.8 Å².